The molecule has 2 N–H and O–H groups in total. The van der Waals surface area contributed by atoms with Crippen LogP contribution in [-0.4, -0.2) is 42.7 Å². The Kier molecular flexibility index (Phi) is 11.8. The van der Waals surface area contributed by atoms with Gasteiger partial charge in [-0.1, -0.05) is 0 Å². The molecule has 26 heavy (non-hydrogen) atoms. The molecule has 8 heteroatoms. The van der Waals surface area contributed by atoms with Crippen molar-refractivity contribution >= 4 is 47.2 Å². The normalized spacial score (nSPS) is 14.8. The molecule has 0 aliphatic heterocycles. The summed E-state index contributed by atoms with van der Waals surface area (Å²) in [6.07, 6.45) is 6.60. The lowest BCUT2D eigenvalue weighted by Gasteiger charge is -2.12. The van der Waals surface area contributed by atoms with Crippen LogP contribution in [0.2, 0.25) is 0 Å². The minimum Gasteiger partial charge on any atom is -0.462 e. The van der Waals surface area contributed by atoms with E-state index in [2.05, 4.69) is 26.0 Å². The summed E-state index contributed by atoms with van der Waals surface area (Å²) in [5.74, 6) is 0.706. The van der Waals surface area contributed by atoms with Crippen molar-refractivity contribution in [1.82, 2.24) is 15.6 Å². The number of ether oxygens (including phenoxy) is 1. The molecule has 1 aromatic rings. The Morgan fingerprint density at radius 3 is 2.81 bits per heavy atom. The SMILES string of the molecule is CCNC(=NCCCC(=O)OC1CCCC1)NCCc1csc(C)n1.I. The van der Waals surface area contributed by atoms with Crippen LogP contribution in [0.5, 0.6) is 0 Å². The number of guanidine groups is 1. The number of nitrogens with one attached hydrogen (secondary N) is 2. The van der Waals surface area contributed by atoms with Crippen molar-refractivity contribution in [2.24, 2.45) is 4.99 Å². The molecule has 0 unspecified atom stereocenters. The molecular formula is C18H31IN4O2S. The summed E-state index contributed by atoms with van der Waals surface area (Å²) in [6.45, 7) is 6.28. The van der Waals surface area contributed by atoms with Gasteiger partial charge in [-0.15, -0.1) is 35.3 Å². The molecule has 148 valence electrons. The number of esters is 1. The van der Waals surface area contributed by atoms with Gasteiger partial charge < -0.3 is 15.4 Å². The van der Waals surface area contributed by atoms with Crippen LogP contribution in [-0.2, 0) is 16.0 Å². The number of carbonyl (C=O) groups excluding carboxylic acids is 1. The second kappa shape index (κ2) is 13.3. The average Bonchev–Trinajstić information content (AvgIpc) is 3.23. The number of hydrogen-bond acceptors (Lipinski definition) is 5. The molecule has 2 rings (SSSR count). The summed E-state index contributed by atoms with van der Waals surface area (Å²) in [5, 5.41) is 9.73. The van der Waals surface area contributed by atoms with Gasteiger partial charge in [-0.2, -0.15) is 0 Å². The maximum atomic E-state index is 11.8. The van der Waals surface area contributed by atoms with E-state index in [9.17, 15) is 4.79 Å². The van der Waals surface area contributed by atoms with E-state index in [-0.39, 0.29) is 36.0 Å². The molecule has 0 spiro atoms. The summed E-state index contributed by atoms with van der Waals surface area (Å²) in [5.41, 5.74) is 1.11. The Balaban J connectivity index is 0.00000338. The molecule has 1 fully saturated rings. The number of carbonyl (C=O) groups is 1. The Labute approximate surface area is 177 Å². The third-order valence-corrected chi connectivity index (χ3v) is 4.92. The third-order valence-electron chi connectivity index (χ3n) is 4.09. The number of rotatable bonds is 9. The molecule has 0 radical (unpaired) electrons. The predicted molar refractivity (Wildman–Crippen MR) is 118 cm³/mol. The maximum Gasteiger partial charge on any atom is 0.306 e. The lowest BCUT2D eigenvalue weighted by atomic mass is 10.3. The van der Waals surface area contributed by atoms with Gasteiger partial charge in [0.25, 0.3) is 0 Å². The molecule has 0 saturated heterocycles. The quantitative estimate of drug-likeness (QED) is 0.181. The smallest absolute Gasteiger partial charge is 0.306 e. The van der Waals surface area contributed by atoms with E-state index in [1.54, 1.807) is 11.3 Å². The van der Waals surface area contributed by atoms with E-state index in [1.165, 1.54) is 12.8 Å². The Morgan fingerprint density at radius 2 is 2.15 bits per heavy atom. The fourth-order valence-corrected chi connectivity index (χ4v) is 3.49. The molecule has 1 aliphatic carbocycles. The fraction of sp³-hybridized carbons (Fsp3) is 0.722. The van der Waals surface area contributed by atoms with E-state index in [0.29, 0.717) is 19.4 Å². The first kappa shape index (κ1) is 23.1. The summed E-state index contributed by atoms with van der Waals surface area (Å²) in [4.78, 5) is 20.8. The first-order valence-corrected chi connectivity index (χ1v) is 10.2. The van der Waals surface area contributed by atoms with Crippen LogP contribution < -0.4 is 10.6 Å². The van der Waals surface area contributed by atoms with E-state index >= 15 is 0 Å². The second-order valence-corrected chi connectivity index (χ2v) is 7.36. The second-order valence-electron chi connectivity index (χ2n) is 6.30. The van der Waals surface area contributed by atoms with Gasteiger partial charge in [0.2, 0.25) is 0 Å². The van der Waals surface area contributed by atoms with Gasteiger partial charge in [0, 0.05) is 37.9 Å². The Bertz CT molecular complexity index is 559. The Morgan fingerprint density at radius 1 is 1.38 bits per heavy atom. The first-order chi connectivity index (χ1) is 12.2. The topological polar surface area (TPSA) is 75.6 Å². The van der Waals surface area contributed by atoms with Crippen LogP contribution in [0.25, 0.3) is 0 Å². The maximum absolute atomic E-state index is 11.8. The molecule has 0 bridgehead atoms. The van der Waals surface area contributed by atoms with E-state index < -0.39 is 0 Å². The summed E-state index contributed by atoms with van der Waals surface area (Å²) < 4.78 is 5.46. The van der Waals surface area contributed by atoms with E-state index in [0.717, 1.165) is 49.0 Å². The minimum absolute atomic E-state index is 0. The van der Waals surface area contributed by atoms with Gasteiger partial charge in [0.05, 0.1) is 10.7 Å². The van der Waals surface area contributed by atoms with Crippen molar-refractivity contribution in [1.29, 1.82) is 0 Å². The van der Waals surface area contributed by atoms with Crippen molar-refractivity contribution in [3.8, 4) is 0 Å². The summed E-state index contributed by atoms with van der Waals surface area (Å²) >= 11 is 1.68. The van der Waals surface area contributed by atoms with Crippen LogP contribution in [0.15, 0.2) is 10.4 Å². The Hall–Kier alpha value is -0.900. The highest BCUT2D eigenvalue weighted by molar-refractivity contribution is 14.0. The molecule has 1 aromatic heterocycles. The minimum atomic E-state index is -0.0843. The van der Waals surface area contributed by atoms with Gasteiger partial charge in [0.1, 0.15) is 6.10 Å². The standard InChI is InChI=1S/C18H30N4O2S.HI/c1-3-19-18(21-12-10-15-13-25-14(2)22-15)20-11-6-9-17(23)24-16-7-4-5-8-16;/h13,16H,3-12H2,1-2H3,(H2,19,20,21);1H. The number of hydrogen-bond donors (Lipinski definition) is 2. The van der Waals surface area contributed by atoms with Crippen molar-refractivity contribution < 1.29 is 9.53 Å². The van der Waals surface area contributed by atoms with Crippen LogP contribution in [0.3, 0.4) is 0 Å². The van der Waals surface area contributed by atoms with Crippen LogP contribution in [0, 0.1) is 6.92 Å². The van der Waals surface area contributed by atoms with E-state index in [1.807, 2.05) is 13.8 Å². The van der Waals surface area contributed by atoms with Crippen molar-refractivity contribution in [3.63, 3.8) is 0 Å². The predicted octanol–water partition coefficient (Wildman–Crippen LogP) is 3.43. The van der Waals surface area contributed by atoms with Crippen molar-refractivity contribution in [3.05, 3.63) is 16.1 Å². The molecule has 0 amide bonds. The molecule has 0 aromatic carbocycles. The third kappa shape index (κ3) is 9.16. The number of aromatic nitrogens is 1. The van der Waals surface area contributed by atoms with Gasteiger partial charge in [-0.3, -0.25) is 9.79 Å². The highest BCUT2D eigenvalue weighted by atomic mass is 127. The molecule has 0 atom stereocenters. The fourth-order valence-electron chi connectivity index (χ4n) is 2.84. The van der Waals surface area contributed by atoms with Gasteiger partial charge in [0.15, 0.2) is 5.96 Å². The number of aryl methyl sites for hydroxylation is 1. The van der Waals surface area contributed by atoms with Crippen LogP contribution >= 0.6 is 35.3 Å². The monoisotopic (exact) mass is 494 g/mol. The lowest BCUT2D eigenvalue weighted by molar-refractivity contribution is -0.148. The van der Waals surface area contributed by atoms with Crippen LogP contribution in [0.4, 0.5) is 0 Å². The summed E-state index contributed by atoms with van der Waals surface area (Å²) in [7, 11) is 0. The summed E-state index contributed by atoms with van der Waals surface area (Å²) in [6, 6.07) is 0. The number of aliphatic imine (C=N–C) groups is 1. The van der Waals surface area contributed by atoms with E-state index in [4.69, 9.17) is 4.74 Å². The lowest BCUT2D eigenvalue weighted by Crippen LogP contribution is -2.38. The zero-order valence-electron chi connectivity index (χ0n) is 15.8. The average molecular weight is 494 g/mol. The zero-order valence-corrected chi connectivity index (χ0v) is 18.9. The largest absolute Gasteiger partial charge is 0.462 e. The zero-order chi connectivity index (χ0) is 17.9. The van der Waals surface area contributed by atoms with Gasteiger partial charge >= 0.3 is 5.97 Å². The van der Waals surface area contributed by atoms with Gasteiger partial charge in [-0.25, -0.2) is 4.98 Å². The molecule has 1 heterocycles. The molecule has 6 nitrogen and oxygen atoms in total. The van der Waals surface area contributed by atoms with Crippen molar-refractivity contribution in [2.45, 2.75) is 64.9 Å². The molecule has 1 aliphatic rings. The molecular weight excluding hydrogens is 463 g/mol. The van der Waals surface area contributed by atoms with Gasteiger partial charge in [-0.05, 0) is 46.0 Å². The highest BCUT2D eigenvalue weighted by Gasteiger charge is 2.18. The molecule has 1 saturated carbocycles. The number of halogens is 1. The first-order valence-electron chi connectivity index (χ1n) is 9.30. The number of thiazole rings is 1. The van der Waals surface area contributed by atoms with Crippen molar-refractivity contribution in [2.75, 3.05) is 19.6 Å². The number of nitrogens with zero attached hydrogens (tertiary/aromatic N) is 2. The highest BCUT2D eigenvalue weighted by Crippen LogP contribution is 2.21. The van der Waals surface area contributed by atoms with Crippen LogP contribution in [0.1, 0.15) is 56.2 Å².